The molecule has 0 spiro atoms. The summed E-state index contributed by atoms with van der Waals surface area (Å²) in [6.07, 6.45) is 2.07. The molecule has 2 heterocycles. The van der Waals surface area contributed by atoms with E-state index in [1.807, 2.05) is 36.4 Å². The van der Waals surface area contributed by atoms with Gasteiger partial charge in [-0.2, -0.15) is 0 Å². The minimum absolute atomic E-state index is 0.945. The van der Waals surface area contributed by atoms with Crippen LogP contribution in [0.1, 0.15) is 0 Å². The van der Waals surface area contributed by atoms with Crippen molar-refractivity contribution in [2.24, 2.45) is 0 Å². The molecule has 106 valence electrons. The third kappa shape index (κ3) is 2.24. The molecule has 0 saturated carbocycles. The Morgan fingerprint density at radius 1 is 0.727 bits per heavy atom. The molecule has 2 nitrogen and oxygen atoms in total. The number of imidazole rings is 1. The van der Waals surface area contributed by atoms with Crippen LogP contribution in [0.3, 0.4) is 0 Å². The van der Waals surface area contributed by atoms with Crippen LogP contribution in [-0.4, -0.2) is 9.38 Å². The average molecular weight is 349 g/mol. The van der Waals surface area contributed by atoms with Gasteiger partial charge in [0.15, 0.2) is 0 Å². The lowest BCUT2D eigenvalue weighted by Gasteiger charge is -2.06. The van der Waals surface area contributed by atoms with Gasteiger partial charge in [0.05, 0.1) is 11.4 Å². The van der Waals surface area contributed by atoms with Gasteiger partial charge in [0.1, 0.15) is 5.65 Å². The topological polar surface area (TPSA) is 17.3 Å². The monoisotopic (exact) mass is 348 g/mol. The average Bonchev–Trinajstić information content (AvgIpc) is 2.95. The van der Waals surface area contributed by atoms with E-state index in [-0.39, 0.29) is 0 Å². The zero-order valence-corrected chi connectivity index (χ0v) is 13.4. The van der Waals surface area contributed by atoms with Crippen molar-refractivity contribution in [3.8, 4) is 22.5 Å². The SMILES string of the molecule is Brc1ccc2nc(-c3ccccc3)c(-c3ccccc3)n2c1. The maximum atomic E-state index is 4.84. The molecule has 0 aliphatic carbocycles. The van der Waals surface area contributed by atoms with E-state index in [1.165, 1.54) is 0 Å². The quantitative estimate of drug-likeness (QED) is 0.472. The van der Waals surface area contributed by atoms with Gasteiger partial charge in [-0.15, -0.1) is 0 Å². The van der Waals surface area contributed by atoms with Crippen molar-refractivity contribution in [1.29, 1.82) is 0 Å². The highest BCUT2D eigenvalue weighted by molar-refractivity contribution is 9.10. The van der Waals surface area contributed by atoms with Crippen molar-refractivity contribution >= 4 is 21.6 Å². The first kappa shape index (κ1) is 13.3. The summed E-state index contributed by atoms with van der Waals surface area (Å²) in [6.45, 7) is 0. The number of rotatable bonds is 2. The first-order valence-electron chi connectivity index (χ1n) is 7.11. The van der Waals surface area contributed by atoms with Crippen LogP contribution in [0.25, 0.3) is 28.2 Å². The van der Waals surface area contributed by atoms with Crippen LogP contribution in [0.4, 0.5) is 0 Å². The van der Waals surface area contributed by atoms with E-state index in [4.69, 9.17) is 4.98 Å². The van der Waals surface area contributed by atoms with Crippen LogP contribution in [0.15, 0.2) is 83.5 Å². The second-order valence-corrected chi connectivity index (χ2v) is 6.03. The van der Waals surface area contributed by atoms with Crippen LogP contribution < -0.4 is 0 Å². The van der Waals surface area contributed by atoms with Gasteiger partial charge in [-0.05, 0) is 28.1 Å². The Kier molecular flexibility index (Phi) is 3.28. The molecule has 0 radical (unpaired) electrons. The molecule has 0 aliphatic rings. The largest absolute Gasteiger partial charge is 0.298 e. The molecule has 0 atom stereocenters. The fraction of sp³-hybridized carbons (Fsp3) is 0. The second-order valence-electron chi connectivity index (χ2n) is 5.12. The Hall–Kier alpha value is -2.39. The van der Waals surface area contributed by atoms with Crippen LogP contribution in [0, 0.1) is 0 Å². The van der Waals surface area contributed by atoms with Crippen molar-refractivity contribution in [2.75, 3.05) is 0 Å². The predicted octanol–water partition coefficient (Wildman–Crippen LogP) is 5.43. The van der Waals surface area contributed by atoms with E-state index in [2.05, 4.69) is 62.9 Å². The lowest BCUT2D eigenvalue weighted by Crippen LogP contribution is -1.89. The third-order valence-corrected chi connectivity index (χ3v) is 4.15. The molecule has 22 heavy (non-hydrogen) atoms. The van der Waals surface area contributed by atoms with Crippen LogP contribution in [0.2, 0.25) is 0 Å². The molecule has 0 amide bonds. The standard InChI is InChI=1S/C19H13BrN2/c20-16-11-12-17-21-18(14-7-3-1-4-8-14)19(22(17)13-16)15-9-5-2-6-10-15/h1-13H. The van der Waals surface area contributed by atoms with Crippen LogP contribution in [0.5, 0.6) is 0 Å². The number of hydrogen-bond donors (Lipinski definition) is 0. The lowest BCUT2D eigenvalue weighted by atomic mass is 10.1. The summed E-state index contributed by atoms with van der Waals surface area (Å²) in [5.41, 5.74) is 5.35. The van der Waals surface area contributed by atoms with Gasteiger partial charge in [-0.3, -0.25) is 4.40 Å². The summed E-state index contributed by atoms with van der Waals surface area (Å²) in [7, 11) is 0. The van der Waals surface area contributed by atoms with Gasteiger partial charge in [0, 0.05) is 21.8 Å². The minimum atomic E-state index is 0.945. The maximum absolute atomic E-state index is 4.84. The molecule has 0 bridgehead atoms. The summed E-state index contributed by atoms with van der Waals surface area (Å²) in [4.78, 5) is 4.84. The van der Waals surface area contributed by atoms with Crippen molar-refractivity contribution < 1.29 is 0 Å². The molecule has 4 aromatic rings. The van der Waals surface area contributed by atoms with Gasteiger partial charge in [-0.1, -0.05) is 60.7 Å². The third-order valence-electron chi connectivity index (χ3n) is 3.68. The number of fused-ring (bicyclic) bond motifs is 1. The molecule has 4 rings (SSSR count). The predicted molar refractivity (Wildman–Crippen MR) is 93.8 cm³/mol. The highest BCUT2D eigenvalue weighted by Crippen LogP contribution is 2.33. The number of hydrogen-bond acceptors (Lipinski definition) is 1. The maximum Gasteiger partial charge on any atom is 0.138 e. The Morgan fingerprint density at radius 3 is 2.05 bits per heavy atom. The van der Waals surface area contributed by atoms with Gasteiger partial charge < -0.3 is 0 Å². The lowest BCUT2D eigenvalue weighted by molar-refractivity contribution is 1.18. The number of halogens is 1. The van der Waals surface area contributed by atoms with Crippen molar-refractivity contribution in [2.45, 2.75) is 0 Å². The Bertz CT molecular complexity index is 928. The second kappa shape index (κ2) is 5.43. The first-order valence-corrected chi connectivity index (χ1v) is 7.91. The molecular weight excluding hydrogens is 336 g/mol. The summed E-state index contributed by atoms with van der Waals surface area (Å²) >= 11 is 3.56. The molecule has 0 fully saturated rings. The molecule has 2 aromatic heterocycles. The summed E-state index contributed by atoms with van der Waals surface area (Å²) in [5.74, 6) is 0. The van der Waals surface area contributed by atoms with Gasteiger partial charge in [0.2, 0.25) is 0 Å². The Balaban J connectivity index is 2.08. The van der Waals surface area contributed by atoms with Crippen molar-refractivity contribution in [1.82, 2.24) is 9.38 Å². The number of nitrogens with zero attached hydrogens (tertiary/aromatic N) is 2. The van der Waals surface area contributed by atoms with Gasteiger partial charge in [0.25, 0.3) is 0 Å². The summed E-state index contributed by atoms with van der Waals surface area (Å²) in [5, 5.41) is 0. The smallest absolute Gasteiger partial charge is 0.138 e. The zero-order valence-electron chi connectivity index (χ0n) is 11.8. The molecule has 3 heteroatoms. The Labute approximate surface area is 137 Å². The van der Waals surface area contributed by atoms with E-state index >= 15 is 0 Å². The van der Waals surface area contributed by atoms with E-state index < -0.39 is 0 Å². The summed E-state index contributed by atoms with van der Waals surface area (Å²) in [6, 6.07) is 24.8. The van der Waals surface area contributed by atoms with Crippen LogP contribution >= 0.6 is 15.9 Å². The summed E-state index contributed by atoms with van der Waals surface area (Å²) < 4.78 is 3.18. The van der Waals surface area contributed by atoms with Gasteiger partial charge in [-0.25, -0.2) is 4.98 Å². The molecule has 0 N–H and O–H groups in total. The molecular formula is C19H13BrN2. The van der Waals surface area contributed by atoms with E-state index in [1.54, 1.807) is 0 Å². The zero-order chi connectivity index (χ0) is 14.9. The fourth-order valence-electron chi connectivity index (χ4n) is 2.69. The fourth-order valence-corrected chi connectivity index (χ4v) is 3.02. The van der Waals surface area contributed by atoms with E-state index in [9.17, 15) is 0 Å². The number of pyridine rings is 1. The number of benzene rings is 2. The molecule has 2 aromatic carbocycles. The first-order chi connectivity index (χ1) is 10.8. The van der Waals surface area contributed by atoms with Gasteiger partial charge >= 0.3 is 0 Å². The Morgan fingerprint density at radius 2 is 1.36 bits per heavy atom. The molecule has 0 saturated heterocycles. The van der Waals surface area contributed by atoms with E-state index in [0.717, 1.165) is 32.6 Å². The highest BCUT2D eigenvalue weighted by Gasteiger charge is 2.15. The molecule has 0 unspecified atom stereocenters. The number of aromatic nitrogens is 2. The normalized spacial score (nSPS) is 11.0. The van der Waals surface area contributed by atoms with Crippen LogP contribution in [-0.2, 0) is 0 Å². The highest BCUT2D eigenvalue weighted by atomic mass is 79.9. The van der Waals surface area contributed by atoms with Crippen molar-refractivity contribution in [3.63, 3.8) is 0 Å². The molecule has 0 aliphatic heterocycles. The minimum Gasteiger partial charge on any atom is -0.298 e. The van der Waals surface area contributed by atoms with Crippen molar-refractivity contribution in [3.05, 3.63) is 83.5 Å². The van der Waals surface area contributed by atoms with E-state index in [0.29, 0.717) is 0 Å².